The Balaban J connectivity index is 1.20. The summed E-state index contributed by atoms with van der Waals surface area (Å²) >= 11 is 0. The second kappa shape index (κ2) is 11.5. The van der Waals surface area contributed by atoms with Crippen LogP contribution in [0.4, 0.5) is 5.69 Å². The Hall–Kier alpha value is -2.34. The number of benzene rings is 2. The minimum Gasteiger partial charge on any atom is -0.371 e. The maximum atomic E-state index is 3.74. The van der Waals surface area contributed by atoms with Gasteiger partial charge in [0.25, 0.3) is 0 Å². The predicted octanol–water partition coefficient (Wildman–Crippen LogP) is 4.37. The van der Waals surface area contributed by atoms with Gasteiger partial charge in [0.05, 0.1) is 0 Å². The number of aromatic nitrogens is 1. The number of aromatic amines is 1. The highest BCUT2D eigenvalue weighted by atomic mass is 15.1. The molecule has 1 fully saturated rings. The maximum absolute atomic E-state index is 3.74. The minimum absolute atomic E-state index is 0.614. The standard InChI is InChI=1S/C27H39N5/c1-3-21(2)29-15-13-28-14-16-30-24-11-17-32(18-12-24)25-9-6-8-22(19-25)27-20-23-7-4-5-10-26(23)31-27/h4-10,19-21,24,28-31H,3,11-18H2,1-2H3. The second-order valence-electron chi connectivity index (χ2n) is 9.05. The summed E-state index contributed by atoms with van der Waals surface area (Å²) in [5, 5.41) is 12.1. The van der Waals surface area contributed by atoms with Crippen molar-refractivity contribution in [2.75, 3.05) is 44.2 Å². The van der Waals surface area contributed by atoms with Crippen molar-refractivity contribution in [2.24, 2.45) is 0 Å². The van der Waals surface area contributed by atoms with Crippen molar-refractivity contribution >= 4 is 16.6 Å². The highest BCUT2D eigenvalue weighted by molar-refractivity contribution is 5.86. The third-order valence-corrected chi connectivity index (χ3v) is 6.69. The van der Waals surface area contributed by atoms with E-state index >= 15 is 0 Å². The van der Waals surface area contributed by atoms with E-state index in [1.54, 1.807) is 0 Å². The molecule has 32 heavy (non-hydrogen) atoms. The summed E-state index contributed by atoms with van der Waals surface area (Å²) in [7, 11) is 0. The molecule has 172 valence electrons. The summed E-state index contributed by atoms with van der Waals surface area (Å²) in [5.74, 6) is 0. The van der Waals surface area contributed by atoms with Crippen LogP contribution in [0, 0.1) is 0 Å². The molecule has 1 saturated heterocycles. The van der Waals surface area contributed by atoms with E-state index in [-0.39, 0.29) is 0 Å². The van der Waals surface area contributed by atoms with E-state index in [2.05, 4.69) is 94.3 Å². The smallest absolute Gasteiger partial charge is 0.0465 e. The number of nitrogens with zero attached hydrogens (tertiary/aromatic N) is 1. The fourth-order valence-corrected chi connectivity index (χ4v) is 4.48. The molecule has 4 N–H and O–H groups in total. The number of para-hydroxylation sites is 1. The highest BCUT2D eigenvalue weighted by Crippen LogP contribution is 2.28. The molecule has 0 saturated carbocycles. The first-order valence-corrected chi connectivity index (χ1v) is 12.3. The van der Waals surface area contributed by atoms with Gasteiger partial charge >= 0.3 is 0 Å². The average molecular weight is 434 g/mol. The van der Waals surface area contributed by atoms with Gasteiger partial charge in [0, 0.05) is 73.6 Å². The molecule has 1 unspecified atom stereocenters. The molecule has 0 amide bonds. The van der Waals surface area contributed by atoms with Crippen LogP contribution in [0.2, 0.25) is 0 Å². The zero-order valence-electron chi connectivity index (χ0n) is 19.7. The van der Waals surface area contributed by atoms with Crippen LogP contribution >= 0.6 is 0 Å². The van der Waals surface area contributed by atoms with Crippen LogP contribution in [0.25, 0.3) is 22.2 Å². The van der Waals surface area contributed by atoms with Crippen molar-refractivity contribution in [3.05, 3.63) is 54.6 Å². The Morgan fingerprint density at radius 1 is 0.969 bits per heavy atom. The fraction of sp³-hybridized carbons (Fsp3) is 0.481. The van der Waals surface area contributed by atoms with Crippen LogP contribution in [0.5, 0.6) is 0 Å². The molecule has 4 rings (SSSR count). The van der Waals surface area contributed by atoms with Crippen LogP contribution in [-0.4, -0.2) is 56.3 Å². The first-order valence-electron chi connectivity index (χ1n) is 12.3. The van der Waals surface area contributed by atoms with Crippen molar-refractivity contribution in [2.45, 2.75) is 45.2 Å². The molecule has 1 atom stereocenters. The van der Waals surface area contributed by atoms with Crippen molar-refractivity contribution < 1.29 is 0 Å². The lowest BCUT2D eigenvalue weighted by molar-refractivity contribution is 0.411. The van der Waals surface area contributed by atoms with Gasteiger partial charge in [0.2, 0.25) is 0 Å². The number of H-pyrrole nitrogens is 1. The summed E-state index contributed by atoms with van der Waals surface area (Å²) in [5.41, 5.74) is 4.97. The normalized spacial score (nSPS) is 16.0. The average Bonchev–Trinajstić information content (AvgIpc) is 3.28. The molecule has 1 aliphatic rings. The fourth-order valence-electron chi connectivity index (χ4n) is 4.48. The van der Waals surface area contributed by atoms with Crippen molar-refractivity contribution in [3.63, 3.8) is 0 Å². The molecule has 0 spiro atoms. The molecule has 0 radical (unpaired) electrons. The second-order valence-corrected chi connectivity index (χ2v) is 9.05. The van der Waals surface area contributed by atoms with Crippen molar-refractivity contribution in [1.82, 2.24) is 20.9 Å². The third-order valence-electron chi connectivity index (χ3n) is 6.69. The van der Waals surface area contributed by atoms with Gasteiger partial charge < -0.3 is 25.8 Å². The number of fused-ring (bicyclic) bond motifs is 1. The molecular weight excluding hydrogens is 394 g/mol. The molecule has 1 aliphatic heterocycles. The first kappa shape index (κ1) is 22.8. The van der Waals surface area contributed by atoms with E-state index in [1.807, 2.05) is 0 Å². The van der Waals surface area contributed by atoms with Gasteiger partial charge in [-0.05, 0) is 56.0 Å². The molecule has 0 aliphatic carbocycles. The number of anilines is 1. The molecule has 5 heteroatoms. The maximum Gasteiger partial charge on any atom is 0.0465 e. The largest absolute Gasteiger partial charge is 0.371 e. The molecule has 2 heterocycles. The van der Waals surface area contributed by atoms with E-state index in [1.165, 1.54) is 47.1 Å². The summed E-state index contributed by atoms with van der Waals surface area (Å²) in [6.07, 6.45) is 3.59. The van der Waals surface area contributed by atoms with Gasteiger partial charge in [-0.2, -0.15) is 0 Å². The number of nitrogens with one attached hydrogen (secondary N) is 4. The first-order chi connectivity index (χ1) is 15.7. The van der Waals surface area contributed by atoms with Gasteiger partial charge in [-0.3, -0.25) is 0 Å². The van der Waals surface area contributed by atoms with Gasteiger partial charge in [-0.25, -0.2) is 0 Å². The monoisotopic (exact) mass is 433 g/mol. The van der Waals surface area contributed by atoms with E-state index < -0.39 is 0 Å². The van der Waals surface area contributed by atoms with Crippen molar-refractivity contribution in [3.8, 4) is 11.3 Å². The summed E-state index contributed by atoms with van der Waals surface area (Å²) in [6, 6.07) is 20.9. The van der Waals surface area contributed by atoms with Crippen LogP contribution in [0.1, 0.15) is 33.1 Å². The number of rotatable bonds is 11. The van der Waals surface area contributed by atoms with E-state index in [0.717, 1.165) is 39.3 Å². The van der Waals surface area contributed by atoms with Crippen molar-refractivity contribution in [1.29, 1.82) is 0 Å². The summed E-state index contributed by atoms with van der Waals surface area (Å²) in [4.78, 5) is 6.09. The molecule has 0 bridgehead atoms. The van der Waals surface area contributed by atoms with Gasteiger partial charge in [0.15, 0.2) is 0 Å². The molecule has 2 aromatic carbocycles. The number of hydrogen-bond donors (Lipinski definition) is 4. The zero-order valence-corrected chi connectivity index (χ0v) is 19.7. The third kappa shape index (κ3) is 6.12. The van der Waals surface area contributed by atoms with Crippen LogP contribution in [0.3, 0.4) is 0 Å². The van der Waals surface area contributed by atoms with Gasteiger partial charge in [-0.15, -0.1) is 0 Å². The number of hydrogen-bond acceptors (Lipinski definition) is 4. The highest BCUT2D eigenvalue weighted by Gasteiger charge is 2.19. The summed E-state index contributed by atoms with van der Waals surface area (Å²) < 4.78 is 0. The van der Waals surface area contributed by atoms with Gasteiger partial charge in [-0.1, -0.05) is 37.3 Å². The Labute approximate surface area is 193 Å². The van der Waals surface area contributed by atoms with Crippen LogP contribution < -0.4 is 20.9 Å². The molecule has 5 nitrogen and oxygen atoms in total. The Bertz CT molecular complexity index is 924. The SMILES string of the molecule is CCC(C)NCCNCCNC1CCN(c2cccc(-c3cc4ccccc4[nH]3)c2)CC1. The van der Waals surface area contributed by atoms with Crippen LogP contribution in [-0.2, 0) is 0 Å². The molecule has 3 aromatic rings. The lowest BCUT2D eigenvalue weighted by Crippen LogP contribution is -2.44. The van der Waals surface area contributed by atoms with Crippen LogP contribution in [0.15, 0.2) is 54.6 Å². The lowest BCUT2D eigenvalue weighted by atomic mass is 10.0. The molecular formula is C27H39N5. The lowest BCUT2D eigenvalue weighted by Gasteiger charge is -2.34. The van der Waals surface area contributed by atoms with Gasteiger partial charge in [0.1, 0.15) is 0 Å². The minimum atomic E-state index is 0.614. The Morgan fingerprint density at radius 2 is 1.78 bits per heavy atom. The van der Waals surface area contributed by atoms with E-state index in [0.29, 0.717) is 12.1 Å². The van der Waals surface area contributed by atoms with E-state index in [4.69, 9.17) is 0 Å². The Morgan fingerprint density at radius 3 is 2.59 bits per heavy atom. The predicted molar refractivity (Wildman–Crippen MR) is 138 cm³/mol. The Kier molecular flexibility index (Phi) is 8.21. The summed E-state index contributed by atoms with van der Waals surface area (Å²) in [6.45, 7) is 10.9. The molecule has 1 aromatic heterocycles. The topological polar surface area (TPSA) is 55.1 Å². The zero-order chi connectivity index (χ0) is 22.2. The van der Waals surface area contributed by atoms with E-state index in [9.17, 15) is 0 Å². The number of piperidine rings is 1. The quantitative estimate of drug-likeness (QED) is 0.339.